The van der Waals surface area contributed by atoms with Crippen molar-refractivity contribution in [3.8, 4) is 56.4 Å². The lowest BCUT2D eigenvalue weighted by atomic mass is 9.87. The lowest BCUT2D eigenvalue weighted by Crippen LogP contribution is -2.14. The molecule has 238 valence electrons. The van der Waals surface area contributed by atoms with Crippen LogP contribution in [-0.4, -0.2) is 15.0 Å². The van der Waals surface area contributed by atoms with E-state index in [9.17, 15) is 0 Å². The van der Waals surface area contributed by atoms with Crippen LogP contribution < -0.4 is 4.90 Å². The van der Waals surface area contributed by atoms with Gasteiger partial charge in [-0.25, -0.2) is 15.0 Å². The summed E-state index contributed by atoms with van der Waals surface area (Å²) in [5.74, 6) is 1.91. The Labute approximate surface area is 296 Å². The van der Waals surface area contributed by atoms with Crippen LogP contribution in [0.4, 0.5) is 17.1 Å². The van der Waals surface area contributed by atoms with Crippen molar-refractivity contribution in [1.29, 1.82) is 0 Å². The highest BCUT2D eigenvalue weighted by molar-refractivity contribution is 6.13. The van der Waals surface area contributed by atoms with Crippen LogP contribution in [-0.2, 0) is 0 Å². The van der Waals surface area contributed by atoms with E-state index in [1.807, 2.05) is 36.4 Å². The van der Waals surface area contributed by atoms with Crippen LogP contribution in [0.2, 0.25) is 0 Å². The summed E-state index contributed by atoms with van der Waals surface area (Å²) in [5, 5.41) is 4.68. The van der Waals surface area contributed by atoms with E-state index in [0.717, 1.165) is 44.5 Å². The molecule has 0 aliphatic carbocycles. The molecule has 0 N–H and O–H groups in total. The molecule has 2 heterocycles. The monoisotopic (exact) mass is 650 g/mol. The largest absolute Gasteiger partial charge is 0.309 e. The van der Waals surface area contributed by atoms with E-state index in [-0.39, 0.29) is 0 Å². The van der Waals surface area contributed by atoms with E-state index in [0.29, 0.717) is 17.5 Å². The standard InChI is InChI=1S/C47H30N4/c1-3-15-32(16-4-1)45-48-46(33-17-5-2-6-18-33)50-47(49-45)41-30-35(29-34-19-7-8-22-36(34)41)51-42-27-11-9-23-37(42)39-25-13-20-31-21-14-26-40(44(31)39)38-24-10-12-28-43(38)51/h1-30H. The van der Waals surface area contributed by atoms with Crippen molar-refractivity contribution in [2.75, 3.05) is 4.90 Å². The first-order chi connectivity index (χ1) is 25.3. The summed E-state index contributed by atoms with van der Waals surface area (Å²) in [7, 11) is 0. The molecule has 0 amide bonds. The van der Waals surface area contributed by atoms with Gasteiger partial charge in [0.1, 0.15) is 0 Å². The third-order valence-electron chi connectivity index (χ3n) is 9.82. The first-order valence-corrected chi connectivity index (χ1v) is 17.2. The number of fused-ring (bicyclic) bond motifs is 5. The van der Waals surface area contributed by atoms with Crippen LogP contribution in [0, 0.1) is 0 Å². The number of para-hydroxylation sites is 2. The molecule has 1 aromatic heterocycles. The molecule has 4 heteroatoms. The SMILES string of the molecule is c1ccc(-c2nc(-c3ccccc3)nc(-c3cc(N4c5ccccc5-c5cccc6cccc(c56)-c5ccccc54)cc4ccccc34)n2)cc1. The summed E-state index contributed by atoms with van der Waals surface area (Å²) < 4.78 is 0. The summed E-state index contributed by atoms with van der Waals surface area (Å²) in [4.78, 5) is 17.7. The maximum atomic E-state index is 5.17. The van der Waals surface area contributed by atoms with Gasteiger partial charge in [-0.15, -0.1) is 0 Å². The number of rotatable bonds is 4. The van der Waals surface area contributed by atoms with E-state index in [4.69, 9.17) is 15.0 Å². The Kier molecular flexibility index (Phi) is 6.78. The topological polar surface area (TPSA) is 41.9 Å². The molecular weight excluding hydrogens is 621 g/mol. The fraction of sp³-hybridized carbons (Fsp3) is 0. The average Bonchev–Trinajstić information content (AvgIpc) is 3.20. The number of nitrogens with zero attached hydrogens (tertiary/aromatic N) is 4. The highest BCUT2D eigenvalue weighted by Crippen LogP contribution is 2.51. The fourth-order valence-corrected chi connectivity index (χ4v) is 7.53. The average molecular weight is 651 g/mol. The molecule has 0 radical (unpaired) electrons. The third kappa shape index (κ3) is 4.88. The van der Waals surface area contributed by atoms with Crippen LogP contribution in [0.25, 0.3) is 78.0 Å². The smallest absolute Gasteiger partial charge is 0.164 e. The number of hydrogen-bond acceptors (Lipinski definition) is 4. The molecule has 51 heavy (non-hydrogen) atoms. The van der Waals surface area contributed by atoms with Gasteiger partial charge in [0.25, 0.3) is 0 Å². The minimum Gasteiger partial charge on any atom is -0.309 e. The van der Waals surface area contributed by atoms with Crippen molar-refractivity contribution in [1.82, 2.24) is 15.0 Å². The van der Waals surface area contributed by atoms with E-state index in [1.54, 1.807) is 0 Å². The predicted molar refractivity (Wildman–Crippen MR) is 210 cm³/mol. The van der Waals surface area contributed by atoms with Crippen LogP contribution in [0.3, 0.4) is 0 Å². The summed E-state index contributed by atoms with van der Waals surface area (Å²) in [6, 6.07) is 64.1. The summed E-state index contributed by atoms with van der Waals surface area (Å²) in [6.07, 6.45) is 0. The second kappa shape index (κ2) is 11.9. The highest BCUT2D eigenvalue weighted by Gasteiger charge is 2.26. The van der Waals surface area contributed by atoms with Crippen LogP contribution in [0.5, 0.6) is 0 Å². The molecule has 1 aliphatic heterocycles. The molecule has 0 atom stereocenters. The minimum absolute atomic E-state index is 0.629. The van der Waals surface area contributed by atoms with Gasteiger partial charge >= 0.3 is 0 Å². The first-order valence-electron chi connectivity index (χ1n) is 17.2. The van der Waals surface area contributed by atoms with Gasteiger partial charge in [0.2, 0.25) is 0 Å². The summed E-state index contributed by atoms with van der Waals surface area (Å²) >= 11 is 0. The van der Waals surface area contributed by atoms with E-state index >= 15 is 0 Å². The molecule has 0 unspecified atom stereocenters. The van der Waals surface area contributed by atoms with E-state index in [2.05, 4.69) is 150 Å². The molecule has 4 nitrogen and oxygen atoms in total. The van der Waals surface area contributed by atoms with Crippen LogP contribution in [0.15, 0.2) is 182 Å². The van der Waals surface area contributed by atoms with Gasteiger partial charge in [-0.1, -0.05) is 158 Å². The highest BCUT2D eigenvalue weighted by atomic mass is 15.1. The van der Waals surface area contributed by atoms with Gasteiger partial charge in [-0.2, -0.15) is 0 Å². The molecule has 0 spiro atoms. The zero-order chi connectivity index (χ0) is 33.7. The Hall–Kier alpha value is -6.91. The Morgan fingerprint density at radius 3 is 1.41 bits per heavy atom. The van der Waals surface area contributed by atoms with Crippen molar-refractivity contribution in [2.24, 2.45) is 0 Å². The molecule has 0 saturated heterocycles. The quantitative estimate of drug-likeness (QED) is 0.190. The van der Waals surface area contributed by atoms with Crippen molar-refractivity contribution in [2.45, 2.75) is 0 Å². The Balaban J connectivity index is 1.27. The Bertz CT molecular complexity index is 2620. The van der Waals surface area contributed by atoms with Gasteiger partial charge < -0.3 is 4.90 Å². The van der Waals surface area contributed by atoms with Gasteiger partial charge in [0.05, 0.1) is 11.4 Å². The maximum absolute atomic E-state index is 5.17. The summed E-state index contributed by atoms with van der Waals surface area (Å²) in [6.45, 7) is 0. The zero-order valence-corrected chi connectivity index (χ0v) is 27.6. The number of benzene rings is 8. The summed E-state index contributed by atoms with van der Waals surface area (Å²) in [5.41, 5.74) is 10.9. The van der Waals surface area contributed by atoms with Crippen molar-refractivity contribution in [3.63, 3.8) is 0 Å². The van der Waals surface area contributed by atoms with Gasteiger partial charge in [-0.3, -0.25) is 0 Å². The third-order valence-corrected chi connectivity index (χ3v) is 9.82. The van der Waals surface area contributed by atoms with E-state index < -0.39 is 0 Å². The van der Waals surface area contributed by atoms with E-state index in [1.165, 1.54) is 33.0 Å². The van der Waals surface area contributed by atoms with Crippen molar-refractivity contribution >= 4 is 38.6 Å². The second-order valence-corrected chi connectivity index (χ2v) is 12.8. The molecule has 10 rings (SSSR count). The molecule has 0 saturated carbocycles. The fourth-order valence-electron chi connectivity index (χ4n) is 7.53. The van der Waals surface area contributed by atoms with Crippen LogP contribution in [0.1, 0.15) is 0 Å². The lowest BCUT2D eigenvalue weighted by molar-refractivity contribution is 1.08. The van der Waals surface area contributed by atoms with Gasteiger partial charge in [0.15, 0.2) is 17.5 Å². The number of anilines is 3. The Morgan fingerprint density at radius 1 is 0.333 bits per heavy atom. The molecule has 1 aliphatic rings. The molecule has 9 aromatic rings. The second-order valence-electron chi connectivity index (χ2n) is 12.8. The Morgan fingerprint density at radius 2 is 0.804 bits per heavy atom. The van der Waals surface area contributed by atoms with Crippen molar-refractivity contribution < 1.29 is 0 Å². The van der Waals surface area contributed by atoms with Gasteiger partial charge in [0, 0.05) is 33.5 Å². The minimum atomic E-state index is 0.629. The molecule has 0 fully saturated rings. The first kappa shape index (κ1) is 29.0. The van der Waals surface area contributed by atoms with Gasteiger partial charge in [-0.05, 0) is 56.9 Å². The zero-order valence-electron chi connectivity index (χ0n) is 27.6. The van der Waals surface area contributed by atoms with Crippen molar-refractivity contribution in [3.05, 3.63) is 182 Å². The number of hydrogen-bond donors (Lipinski definition) is 0. The number of aromatic nitrogens is 3. The predicted octanol–water partition coefficient (Wildman–Crippen LogP) is 12.3. The molecular formula is C47H30N4. The molecule has 8 aromatic carbocycles. The normalized spacial score (nSPS) is 11.9. The van der Waals surface area contributed by atoms with Crippen LogP contribution >= 0.6 is 0 Å². The maximum Gasteiger partial charge on any atom is 0.164 e. The lowest BCUT2D eigenvalue weighted by Gasteiger charge is -2.32. The molecule has 0 bridgehead atoms.